The first-order valence-corrected chi connectivity index (χ1v) is 7.99. The molecule has 0 aliphatic rings. The SMILES string of the molecule is NC(=O)c1ccn2c(-c3cccc(Nc4nncs4)c3)cnc2c1. The zero-order valence-corrected chi connectivity index (χ0v) is 13.2. The molecule has 0 aliphatic carbocycles. The number of nitrogens with two attached hydrogens (primary N) is 1. The number of fused-ring (bicyclic) bond motifs is 1. The predicted octanol–water partition coefficient (Wildman–Crippen LogP) is 2.70. The smallest absolute Gasteiger partial charge is 0.248 e. The Bertz CT molecular complexity index is 1020. The van der Waals surface area contributed by atoms with Crippen LogP contribution in [0.3, 0.4) is 0 Å². The number of primary amides is 1. The number of hydrogen-bond donors (Lipinski definition) is 2. The van der Waals surface area contributed by atoms with Gasteiger partial charge < -0.3 is 11.1 Å². The number of rotatable bonds is 4. The van der Waals surface area contributed by atoms with Crippen molar-refractivity contribution in [2.24, 2.45) is 5.73 Å². The lowest BCUT2D eigenvalue weighted by Gasteiger charge is -2.06. The summed E-state index contributed by atoms with van der Waals surface area (Å²) in [5.74, 6) is -0.467. The van der Waals surface area contributed by atoms with E-state index < -0.39 is 5.91 Å². The number of benzene rings is 1. The van der Waals surface area contributed by atoms with E-state index in [1.807, 2.05) is 28.7 Å². The minimum Gasteiger partial charge on any atom is -0.366 e. The van der Waals surface area contributed by atoms with Gasteiger partial charge in [0.1, 0.15) is 11.2 Å². The number of nitrogens with one attached hydrogen (secondary N) is 1. The van der Waals surface area contributed by atoms with E-state index in [2.05, 4.69) is 20.5 Å². The maximum absolute atomic E-state index is 11.3. The second-order valence-electron chi connectivity index (χ2n) is 5.10. The molecule has 0 unspecified atom stereocenters. The highest BCUT2D eigenvalue weighted by molar-refractivity contribution is 7.13. The first kappa shape index (κ1) is 14.3. The van der Waals surface area contributed by atoms with Gasteiger partial charge in [0.25, 0.3) is 0 Å². The second kappa shape index (κ2) is 5.74. The predicted molar refractivity (Wildman–Crippen MR) is 92.3 cm³/mol. The van der Waals surface area contributed by atoms with E-state index in [1.54, 1.807) is 30.0 Å². The molecule has 3 heterocycles. The lowest BCUT2D eigenvalue weighted by molar-refractivity contribution is 0.100. The molecule has 0 spiro atoms. The van der Waals surface area contributed by atoms with Gasteiger partial charge in [0.05, 0.1) is 11.9 Å². The van der Waals surface area contributed by atoms with E-state index in [0.29, 0.717) is 11.2 Å². The van der Waals surface area contributed by atoms with Crippen LogP contribution in [0.15, 0.2) is 54.3 Å². The molecule has 0 radical (unpaired) electrons. The van der Waals surface area contributed by atoms with Crippen LogP contribution in [0.2, 0.25) is 0 Å². The van der Waals surface area contributed by atoms with E-state index >= 15 is 0 Å². The van der Waals surface area contributed by atoms with Crippen LogP contribution < -0.4 is 11.1 Å². The molecule has 1 amide bonds. The van der Waals surface area contributed by atoms with Crippen molar-refractivity contribution < 1.29 is 4.79 Å². The minimum absolute atomic E-state index is 0.436. The highest BCUT2D eigenvalue weighted by Crippen LogP contribution is 2.26. The highest BCUT2D eigenvalue weighted by Gasteiger charge is 2.09. The summed E-state index contributed by atoms with van der Waals surface area (Å²) in [4.78, 5) is 15.6. The zero-order valence-electron chi connectivity index (χ0n) is 12.4. The number of nitrogens with zero attached hydrogens (tertiary/aromatic N) is 4. The van der Waals surface area contributed by atoms with Crippen molar-refractivity contribution in [3.05, 3.63) is 59.9 Å². The third-order valence-electron chi connectivity index (χ3n) is 3.57. The average Bonchev–Trinajstić information content (AvgIpc) is 3.23. The maximum atomic E-state index is 11.3. The standard InChI is InChI=1S/C16H12N6OS/c17-15(23)11-4-5-22-13(8-18-14(22)7-11)10-2-1-3-12(6-10)20-16-21-19-9-24-16/h1-9H,(H2,17,23)(H,20,21). The van der Waals surface area contributed by atoms with Gasteiger partial charge in [-0.1, -0.05) is 23.5 Å². The van der Waals surface area contributed by atoms with Crippen LogP contribution >= 0.6 is 11.3 Å². The van der Waals surface area contributed by atoms with Crippen LogP contribution in [0, 0.1) is 0 Å². The zero-order chi connectivity index (χ0) is 16.5. The van der Waals surface area contributed by atoms with Crippen LogP contribution in [0.1, 0.15) is 10.4 Å². The van der Waals surface area contributed by atoms with E-state index in [4.69, 9.17) is 5.73 Å². The number of anilines is 2. The Balaban J connectivity index is 1.73. The van der Waals surface area contributed by atoms with Crippen molar-refractivity contribution in [3.8, 4) is 11.3 Å². The molecule has 3 aromatic heterocycles. The van der Waals surface area contributed by atoms with Gasteiger partial charge in [-0.3, -0.25) is 9.20 Å². The number of carbonyl (C=O) groups excluding carboxylic acids is 1. The fourth-order valence-electron chi connectivity index (χ4n) is 2.45. The molecule has 4 aromatic rings. The molecule has 8 heteroatoms. The van der Waals surface area contributed by atoms with E-state index in [-0.39, 0.29) is 0 Å². The number of hydrogen-bond acceptors (Lipinski definition) is 6. The molecule has 0 fully saturated rings. The normalized spacial score (nSPS) is 10.8. The Hall–Kier alpha value is -3.26. The molecule has 0 aliphatic heterocycles. The van der Waals surface area contributed by atoms with Gasteiger partial charge in [-0.05, 0) is 24.3 Å². The molecule has 3 N–H and O–H groups in total. The number of imidazole rings is 1. The third-order valence-corrected chi connectivity index (χ3v) is 4.17. The third kappa shape index (κ3) is 2.59. The fourth-order valence-corrected chi connectivity index (χ4v) is 2.92. The summed E-state index contributed by atoms with van der Waals surface area (Å²) in [7, 11) is 0. The summed E-state index contributed by atoms with van der Waals surface area (Å²) in [6, 6.07) is 11.3. The van der Waals surface area contributed by atoms with E-state index in [9.17, 15) is 4.79 Å². The number of amides is 1. The van der Waals surface area contributed by atoms with Gasteiger partial charge >= 0.3 is 0 Å². The molecule has 4 rings (SSSR count). The fraction of sp³-hybridized carbons (Fsp3) is 0. The Kier molecular flexibility index (Phi) is 3.43. The Morgan fingerprint density at radius 1 is 1.25 bits per heavy atom. The van der Waals surface area contributed by atoms with Crippen LogP contribution in [-0.2, 0) is 0 Å². The Labute approximate surface area is 140 Å². The van der Waals surface area contributed by atoms with E-state index in [0.717, 1.165) is 22.1 Å². The monoisotopic (exact) mass is 336 g/mol. The van der Waals surface area contributed by atoms with Gasteiger partial charge in [-0.2, -0.15) is 0 Å². The minimum atomic E-state index is -0.467. The van der Waals surface area contributed by atoms with Crippen molar-refractivity contribution in [2.45, 2.75) is 0 Å². The van der Waals surface area contributed by atoms with Crippen LogP contribution in [-0.4, -0.2) is 25.5 Å². The second-order valence-corrected chi connectivity index (χ2v) is 5.93. The molecular formula is C16H12N6OS. The van der Waals surface area contributed by atoms with Gasteiger partial charge in [-0.15, -0.1) is 10.2 Å². The largest absolute Gasteiger partial charge is 0.366 e. The van der Waals surface area contributed by atoms with Crippen molar-refractivity contribution >= 4 is 33.7 Å². The summed E-state index contributed by atoms with van der Waals surface area (Å²) in [5.41, 5.74) is 10.9. The lowest BCUT2D eigenvalue weighted by Crippen LogP contribution is -2.11. The summed E-state index contributed by atoms with van der Waals surface area (Å²) in [5, 5.41) is 11.7. The average molecular weight is 336 g/mol. The van der Waals surface area contributed by atoms with Crippen LogP contribution in [0.4, 0.5) is 10.8 Å². The van der Waals surface area contributed by atoms with Crippen LogP contribution in [0.5, 0.6) is 0 Å². The summed E-state index contributed by atoms with van der Waals surface area (Å²) < 4.78 is 1.91. The Morgan fingerprint density at radius 2 is 2.17 bits per heavy atom. The Morgan fingerprint density at radius 3 is 2.96 bits per heavy atom. The highest BCUT2D eigenvalue weighted by atomic mass is 32.1. The molecule has 0 saturated carbocycles. The maximum Gasteiger partial charge on any atom is 0.248 e. The van der Waals surface area contributed by atoms with Crippen molar-refractivity contribution in [1.29, 1.82) is 0 Å². The van der Waals surface area contributed by atoms with Crippen molar-refractivity contribution in [2.75, 3.05) is 5.32 Å². The summed E-state index contributed by atoms with van der Waals surface area (Å²) in [6.45, 7) is 0. The van der Waals surface area contributed by atoms with Gasteiger partial charge in [0.2, 0.25) is 11.0 Å². The molecular weight excluding hydrogens is 324 g/mol. The quantitative estimate of drug-likeness (QED) is 0.597. The lowest BCUT2D eigenvalue weighted by atomic mass is 10.1. The van der Waals surface area contributed by atoms with Crippen molar-refractivity contribution in [3.63, 3.8) is 0 Å². The molecule has 1 aromatic carbocycles. The van der Waals surface area contributed by atoms with Crippen molar-refractivity contribution in [1.82, 2.24) is 19.6 Å². The molecule has 0 atom stereocenters. The topological polar surface area (TPSA) is 98.2 Å². The van der Waals surface area contributed by atoms with Gasteiger partial charge in [-0.25, -0.2) is 4.98 Å². The number of carbonyl (C=O) groups is 1. The number of aromatic nitrogens is 4. The molecule has 7 nitrogen and oxygen atoms in total. The molecule has 118 valence electrons. The van der Waals surface area contributed by atoms with Crippen LogP contribution in [0.25, 0.3) is 16.9 Å². The van der Waals surface area contributed by atoms with Gasteiger partial charge in [0.15, 0.2) is 0 Å². The number of pyridine rings is 1. The first-order chi connectivity index (χ1) is 11.7. The molecule has 24 heavy (non-hydrogen) atoms. The summed E-state index contributed by atoms with van der Waals surface area (Å²) in [6.07, 6.45) is 3.56. The van der Waals surface area contributed by atoms with Gasteiger partial charge in [0, 0.05) is 23.0 Å². The summed E-state index contributed by atoms with van der Waals surface area (Å²) >= 11 is 1.43. The molecule has 0 saturated heterocycles. The van der Waals surface area contributed by atoms with E-state index in [1.165, 1.54) is 11.3 Å². The molecule has 0 bridgehead atoms. The first-order valence-electron chi connectivity index (χ1n) is 7.11.